The van der Waals surface area contributed by atoms with E-state index in [1.54, 1.807) is 4.72 Å². The van der Waals surface area contributed by atoms with Crippen LogP contribution in [-0.4, -0.2) is 20.9 Å². The molecule has 2 aromatic carbocycles. The number of nitrogens with one attached hydrogen (secondary N) is 1. The highest BCUT2D eigenvalue weighted by atomic mass is 32.2. The smallest absolute Gasteiger partial charge is 0.265 e. The van der Waals surface area contributed by atoms with Crippen LogP contribution in [0.5, 0.6) is 5.75 Å². The van der Waals surface area contributed by atoms with Crippen molar-refractivity contribution in [3.63, 3.8) is 0 Å². The van der Waals surface area contributed by atoms with Gasteiger partial charge >= 0.3 is 0 Å². The topological polar surface area (TPSA) is 96.3 Å². The molecule has 6 nitrogen and oxygen atoms in total. The summed E-state index contributed by atoms with van der Waals surface area (Å²) < 4.78 is 58.6. The lowest BCUT2D eigenvalue weighted by molar-refractivity contribution is -0.116. The van der Waals surface area contributed by atoms with E-state index in [2.05, 4.69) is 0 Å². The maximum absolute atomic E-state index is 13.6. The molecule has 1 aliphatic heterocycles. The van der Waals surface area contributed by atoms with E-state index in [0.29, 0.717) is 5.75 Å². The minimum absolute atomic E-state index is 0.0680. The van der Waals surface area contributed by atoms with Crippen molar-refractivity contribution in [1.82, 2.24) is 4.72 Å². The highest BCUT2D eigenvalue weighted by Crippen LogP contribution is 2.27. The molecule has 26 heavy (non-hydrogen) atoms. The van der Waals surface area contributed by atoms with Gasteiger partial charge in [0.1, 0.15) is 40.5 Å². The minimum atomic E-state index is -4.49. The summed E-state index contributed by atoms with van der Waals surface area (Å²) >= 11 is 0. The van der Waals surface area contributed by atoms with Gasteiger partial charge in [0, 0.05) is 5.56 Å². The molecular formula is C17H10F2N2O4S. The number of nitriles is 1. The third-order valence-electron chi connectivity index (χ3n) is 3.58. The van der Waals surface area contributed by atoms with Crippen molar-refractivity contribution < 1.29 is 26.7 Å². The Labute approximate surface area is 147 Å². The molecule has 132 valence electrons. The maximum atomic E-state index is 13.6. The number of fused-ring (bicyclic) bond motifs is 1. The van der Waals surface area contributed by atoms with Gasteiger partial charge in [0.25, 0.3) is 15.9 Å². The molecule has 0 radical (unpaired) electrons. The lowest BCUT2D eigenvalue weighted by Gasteiger charge is -2.17. The van der Waals surface area contributed by atoms with E-state index in [1.807, 2.05) is 0 Å². The van der Waals surface area contributed by atoms with Crippen LogP contribution < -0.4 is 9.46 Å². The first-order valence-electron chi connectivity index (χ1n) is 7.20. The standard InChI is InChI=1S/C17H10F2N2O4S/c18-12-4-5-15-10(7-12)6-11(9-25-15)17(22)21-26(23,24)16-3-1-2-14(19)13(16)8-20/h1-7H,9H2,(H,21,22). The summed E-state index contributed by atoms with van der Waals surface area (Å²) in [4.78, 5) is 11.6. The van der Waals surface area contributed by atoms with E-state index < -0.39 is 38.0 Å². The van der Waals surface area contributed by atoms with E-state index >= 15 is 0 Å². The van der Waals surface area contributed by atoms with Gasteiger partial charge in [-0.2, -0.15) is 5.26 Å². The zero-order valence-corrected chi connectivity index (χ0v) is 13.8. The molecule has 9 heteroatoms. The van der Waals surface area contributed by atoms with Crippen LogP contribution in [0.15, 0.2) is 46.9 Å². The van der Waals surface area contributed by atoms with Crippen molar-refractivity contribution in [3.8, 4) is 11.8 Å². The van der Waals surface area contributed by atoms with Crippen LogP contribution in [-0.2, 0) is 14.8 Å². The first-order chi connectivity index (χ1) is 12.3. The van der Waals surface area contributed by atoms with Crippen molar-refractivity contribution in [1.29, 1.82) is 5.26 Å². The molecule has 0 atom stereocenters. The molecule has 3 rings (SSSR count). The van der Waals surface area contributed by atoms with Gasteiger partial charge in [-0.25, -0.2) is 21.9 Å². The summed E-state index contributed by atoms with van der Waals surface area (Å²) in [6.45, 7) is -0.228. The average molecular weight is 376 g/mol. The van der Waals surface area contributed by atoms with Gasteiger partial charge in [0.15, 0.2) is 0 Å². The van der Waals surface area contributed by atoms with Crippen molar-refractivity contribution >= 4 is 22.0 Å². The summed E-state index contributed by atoms with van der Waals surface area (Å²) in [6.07, 6.45) is 1.30. The molecule has 0 spiro atoms. The van der Waals surface area contributed by atoms with Gasteiger partial charge in [-0.3, -0.25) is 4.79 Å². The van der Waals surface area contributed by atoms with Crippen molar-refractivity contribution in [3.05, 3.63) is 64.7 Å². The fraction of sp³-hybridized carbons (Fsp3) is 0.0588. The fourth-order valence-corrected chi connectivity index (χ4v) is 3.51. The largest absolute Gasteiger partial charge is 0.488 e. The van der Waals surface area contributed by atoms with Crippen LogP contribution in [0, 0.1) is 23.0 Å². The quantitative estimate of drug-likeness (QED) is 0.885. The Hall–Kier alpha value is -3.25. The molecule has 1 N–H and O–H groups in total. The van der Waals surface area contributed by atoms with Crippen LogP contribution >= 0.6 is 0 Å². The molecule has 0 saturated carbocycles. The van der Waals surface area contributed by atoms with Crippen LogP contribution in [0.1, 0.15) is 11.1 Å². The normalized spacial score (nSPS) is 13.0. The average Bonchev–Trinajstić information content (AvgIpc) is 2.60. The number of amides is 1. The highest BCUT2D eigenvalue weighted by Gasteiger charge is 2.26. The lowest BCUT2D eigenvalue weighted by Crippen LogP contribution is -2.34. The molecule has 1 amide bonds. The summed E-state index contributed by atoms with van der Waals surface area (Å²) in [6, 6.07) is 8.22. The van der Waals surface area contributed by atoms with Gasteiger partial charge in [-0.1, -0.05) is 6.07 Å². The molecule has 0 bridgehead atoms. The van der Waals surface area contributed by atoms with E-state index in [1.165, 1.54) is 24.3 Å². The number of hydrogen-bond acceptors (Lipinski definition) is 5. The number of sulfonamides is 1. The number of nitrogens with zero attached hydrogens (tertiary/aromatic N) is 1. The molecule has 0 saturated heterocycles. The Morgan fingerprint density at radius 1 is 1.23 bits per heavy atom. The zero-order chi connectivity index (χ0) is 18.9. The Kier molecular flexibility index (Phi) is 4.44. The molecular weight excluding hydrogens is 366 g/mol. The van der Waals surface area contributed by atoms with Crippen LogP contribution in [0.4, 0.5) is 8.78 Å². The number of benzene rings is 2. The van der Waals surface area contributed by atoms with Gasteiger partial charge in [-0.15, -0.1) is 0 Å². The SMILES string of the molecule is N#Cc1c(F)cccc1S(=O)(=O)NC(=O)C1=Cc2cc(F)ccc2OC1. The van der Waals surface area contributed by atoms with Crippen molar-refractivity contribution in [2.45, 2.75) is 4.90 Å². The molecule has 1 heterocycles. The second-order valence-corrected chi connectivity index (χ2v) is 6.95. The Bertz CT molecular complexity index is 1090. The van der Waals surface area contributed by atoms with E-state index in [0.717, 1.165) is 24.3 Å². The molecule has 1 aliphatic rings. The Balaban J connectivity index is 1.91. The van der Waals surface area contributed by atoms with Gasteiger partial charge in [0.05, 0.1) is 5.57 Å². The summed E-state index contributed by atoms with van der Waals surface area (Å²) in [5.74, 6) is -2.24. The van der Waals surface area contributed by atoms with E-state index in [9.17, 15) is 22.0 Å². The first-order valence-corrected chi connectivity index (χ1v) is 8.69. The maximum Gasteiger partial charge on any atom is 0.265 e. The summed E-state index contributed by atoms with van der Waals surface area (Å²) in [5, 5.41) is 8.95. The summed E-state index contributed by atoms with van der Waals surface area (Å²) in [5.41, 5.74) is -0.488. The molecule has 2 aromatic rings. The second kappa shape index (κ2) is 6.57. The number of hydrogen-bond donors (Lipinski definition) is 1. The van der Waals surface area contributed by atoms with E-state index in [4.69, 9.17) is 10.00 Å². The fourth-order valence-electron chi connectivity index (χ4n) is 2.36. The Morgan fingerprint density at radius 3 is 2.73 bits per heavy atom. The second-order valence-electron chi connectivity index (χ2n) is 5.30. The zero-order valence-electron chi connectivity index (χ0n) is 13.0. The third kappa shape index (κ3) is 3.27. The molecule has 0 unspecified atom stereocenters. The lowest BCUT2D eigenvalue weighted by atomic mass is 10.1. The van der Waals surface area contributed by atoms with Crippen molar-refractivity contribution in [2.24, 2.45) is 0 Å². The third-order valence-corrected chi connectivity index (χ3v) is 4.95. The highest BCUT2D eigenvalue weighted by molar-refractivity contribution is 7.90. The monoisotopic (exact) mass is 376 g/mol. The summed E-state index contributed by atoms with van der Waals surface area (Å²) in [7, 11) is -4.49. The van der Waals surface area contributed by atoms with Gasteiger partial charge in [-0.05, 0) is 36.4 Å². The van der Waals surface area contributed by atoms with E-state index in [-0.39, 0.29) is 17.7 Å². The number of carbonyl (C=O) groups is 1. The predicted octanol–water partition coefficient (Wildman–Crippen LogP) is 2.12. The number of carbonyl (C=O) groups excluding carboxylic acids is 1. The van der Waals surface area contributed by atoms with Crippen molar-refractivity contribution in [2.75, 3.05) is 6.61 Å². The molecule has 0 aromatic heterocycles. The Morgan fingerprint density at radius 2 is 2.00 bits per heavy atom. The van der Waals surface area contributed by atoms with Gasteiger partial charge < -0.3 is 4.74 Å². The first kappa shape index (κ1) is 17.6. The van der Waals surface area contributed by atoms with Crippen LogP contribution in [0.3, 0.4) is 0 Å². The van der Waals surface area contributed by atoms with Crippen LogP contribution in [0.2, 0.25) is 0 Å². The molecule has 0 fully saturated rings. The molecule has 0 aliphatic carbocycles. The number of ether oxygens (including phenoxy) is 1. The minimum Gasteiger partial charge on any atom is -0.488 e. The van der Waals surface area contributed by atoms with Gasteiger partial charge in [0.2, 0.25) is 0 Å². The number of rotatable bonds is 3. The van der Waals surface area contributed by atoms with Crippen LogP contribution in [0.25, 0.3) is 6.08 Å². The number of halogens is 2. The predicted molar refractivity (Wildman–Crippen MR) is 86.3 cm³/mol.